The van der Waals surface area contributed by atoms with Crippen molar-refractivity contribution in [3.8, 4) is 11.1 Å². The third-order valence-electron chi connectivity index (χ3n) is 4.00. The first-order valence-corrected chi connectivity index (χ1v) is 8.09. The minimum Gasteiger partial charge on any atom is -0.310 e. The van der Waals surface area contributed by atoms with Crippen molar-refractivity contribution in [2.24, 2.45) is 0 Å². The first-order valence-electron chi connectivity index (χ1n) is 7.33. The fourth-order valence-electron chi connectivity index (χ4n) is 2.51. The molecular weight excluding hydrogens is 301 g/mol. The Balaban J connectivity index is 1.89. The van der Waals surface area contributed by atoms with Gasteiger partial charge in [0.2, 0.25) is 0 Å². The average Bonchev–Trinajstić information content (AvgIpc) is 3.25. The maximum atomic E-state index is 6.50. The largest absolute Gasteiger partial charge is 0.310 e. The molecule has 1 nitrogen and oxygen atoms in total. The molecule has 0 aromatic heterocycles. The van der Waals surface area contributed by atoms with Gasteiger partial charge in [0, 0.05) is 28.2 Å². The predicted octanol–water partition coefficient (Wildman–Crippen LogP) is 5.53. The van der Waals surface area contributed by atoms with Gasteiger partial charge in [-0.15, -0.1) is 0 Å². The number of benzene rings is 2. The summed E-state index contributed by atoms with van der Waals surface area (Å²) in [5.74, 6) is 0. The summed E-state index contributed by atoms with van der Waals surface area (Å²) in [4.78, 5) is 0. The Morgan fingerprint density at radius 2 is 1.71 bits per heavy atom. The zero-order valence-corrected chi connectivity index (χ0v) is 13.9. The molecule has 1 N–H and O–H groups in total. The van der Waals surface area contributed by atoms with Gasteiger partial charge in [0.1, 0.15) is 0 Å². The summed E-state index contributed by atoms with van der Waals surface area (Å²) in [6.45, 7) is 4.98. The van der Waals surface area contributed by atoms with Crippen LogP contribution >= 0.6 is 23.2 Å². The SMILES string of the molecule is Cc1cc(-c2ccc(CNC3CC3)cc2Cl)c(C)cc1Cl. The maximum absolute atomic E-state index is 6.50. The van der Waals surface area contributed by atoms with Gasteiger partial charge in [-0.1, -0.05) is 35.3 Å². The van der Waals surface area contributed by atoms with Gasteiger partial charge >= 0.3 is 0 Å². The first kappa shape index (κ1) is 14.9. The zero-order valence-electron chi connectivity index (χ0n) is 12.3. The van der Waals surface area contributed by atoms with E-state index in [0.29, 0.717) is 6.04 Å². The molecular formula is C18H19Cl2N. The molecule has 21 heavy (non-hydrogen) atoms. The highest BCUT2D eigenvalue weighted by Gasteiger charge is 2.20. The van der Waals surface area contributed by atoms with E-state index in [-0.39, 0.29) is 0 Å². The van der Waals surface area contributed by atoms with Crippen LogP contribution in [-0.2, 0) is 6.54 Å². The summed E-state index contributed by atoms with van der Waals surface area (Å²) >= 11 is 12.7. The highest BCUT2D eigenvalue weighted by Crippen LogP contribution is 2.34. The van der Waals surface area contributed by atoms with Crippen molar-refractivity contribution < 1.29 is 0 Å². The van der Waals surface area contributed by atoms with Crippen molar-refractivity contribution >= 4 is 23.2 Å². The summed E-state index contributed by atoms with van der Waals surface area (Å²) in [6.07, 6.45) is 2.60. The molecule has 0 saturated heterocycles. The van der Waals surface area contributed by atoms with Gasteiger partial charge in [-0.05, 0) is 67.1 Å². The molecule has 2 aromatic carbocycles. The Bertz CT molecular complexity index is 675. The van der Waals surface area contributed by atoms with E-state index in [1.165, 1.54) is 18.4 Å². The number of nitrogens with one attached hydrogen (secondary N) is 1. The highest BCUT2D eigenvalue weighted by molar-refractivity contribution is 6.33. The van der Waals surface area contributed by atoms with Crippen molar-refractivity contribution in [2.75, 3.05) is 0 Å². The second kappa shape index (κ2) is 6.00. The number of rotatable bonds is 4. The lowest BCUT2D eigenvalue weighted by molar-refractivity contribution is 0.688. The standard InChI is InChI=1S/C18H19Cl2N/c1-11-8-17(19)12(2)7-16(11)15-6-3-13(9-18(15)20)10-21-14-4-5-14/h3,6-9,14,21H,4-5,10H2,1-2H3. The van der Waals surface area contributed by atoms with Crippen molar-refractivity contribution in [1.82, 2.24) is 5.32 Å². The summed E-state index contributed by atoms with van der Waals surface area (Å²) < 4.78 is 0. The number of hydrogen-bond acceptors (Lipinski definition) is 1. The minimum absolute atomic E-state index is 0.713. The van der Waals surface area contributed by atoms with Crippen LogP contribution in [0.2, 0.25) is 10.0 Å². The molecule has 0 radical (unpaired) electrons. The smallest absolute Gasteiger partial charge is 0.0487 e. The van der Waals surface area contributed by atoms with E-state index in [4.69, 9.17) is 23.2 Å². The van der Waals surface area contributed by atoms with Crippen LogP contribution in [0, 0.1) is 13.8 Å². The lowest BCUT2D eigenvalue weighted by Crippen LogP contribution is -2.15. The van der Waals surface area contributed by atoms with Crippen molar-refractivity contribution in [3.63, 3.8) is 0 Å². The summed E-state index contributed by atoms with van der Waals surface area (Å²) in [5, 5.41) is 5.12. The molecule has 3 heteroatoms. The Labute approximate surface area is 136 Å². The number of aryl methyl sites for hydroxylation is 2. The summed E-state index contributed by atoms with van der Waals surface area (Å²) in [7, 11) is 0. The molecule has 0 amide bonds. The molecule has 0 unspecified atom stereocenters. The molecule has 1 saturated carbocycles. The van der Waals surface area contributed by atoms with E-state index in [1.807, 2.05) is 13.0 Å². The van der Waals surface area contributed by atoms with E-state index in [9.17, 15) is 0 Å². The Kier molecular flexibility index (Phi) is 4.26. The molecule has 1 fully saturated rings. The van der Waals surface area contributed by atoms with Crippen LogP contribution in [0.1, 0.15) is 29.5 Å². The van der Waals surface area contributed by atoms with E-state index in [1.54, 1.807) is 0 Å². The summed E-state index contributed by atoms with van der Waals surface area (Å²) in [5.41, 5.74) is 5.69. The van der Waals surface area contributed by atoms with E-state index in [0.717, 1.165) is 38.8 Å². The average molecular weight is 320 g/mol. The maximum Gasteiger partial charge on any atom is 0.0487 e. The van der Waals surface area contributed by atoms with Crippen LogP contribution in [-0.4, -0.2) is 6.04 Å². The van der Waals surface area contributed by atoms with E-state index >= 15 is 0 Å². The van der Waals surface area contributed by atoms with Gasteiger partial charge in [0.05, 0.1) is 0 Å². The van der Waals surface area contributed by atoms with Crippen LogP contribution in [0.3, 0.4) is 0 Å². The second-order valence-electron chi connectivity index (χ2n) is 5.89. The molecule has 110 valence electrons. The molecule has 1 aliphatic carbocycles. The van der Waals surface area contributed by atoms with Crippen molar-refractivity contribution in [3.05, 3.63) is 57.1 Å². The molecule has 0 spiro atoms. The molecule has 0 heterocycles. The van der Waals surface area contributed by atoms with Crippen LogP contribution < -0.4 is 5.32 Å². The topological polar surface area (TPSA) is 12.0 Å². The molecule has 1 aliphatic rings. The summed E-state index contributed by atoms with van der Waals surface area (Å²) in [6, 6.07) is 11.2. The molecule has 0 atom stereocenters. The van der Waals surface area contributed by atoms with Gasteiger partial charge < -0.3 is 5.32 Å². The quantitative estimate of drug-likeness (QED) is 0.781. The fourth-order valence-corrected chi connectivity index (χ4v) is 3.03. The Morgan fingerprint density at radius 3 is 2.38 bits per heavy atom. The highest BCUT2D eigenvalue weighted by atomic mass is 35.5. The van der Waals surface area contributed by atoms with Crippen LogP contribution in [0.15, 0.2) is 30.3 Å². The lowest BCUT2D eigenvalue weighted by Gasteiger charge is -2.12. The van der Waals surface area contributed by atoms with E-state index in [2.05, 4.69) is 36.5 Å². The van der Waals surface area contributed by atoms with Gasteiger partial charge in [0.15, 0.2) is 0 Å². The molecule has 2 aromatic rings. The van der Waals surface area contributed by atoms with Gasteiger partial charge in [-0.2, -0.15) is 0 Å². The predicted molar refractivity (Wildman–Crippen MR) is 91.2 cm³/mol. The Hall–Kier alpha value is -1.02. The van der Waals surface area contributed by atoms with Crippen LogP contribution in [0.4, 0.5) is 0 Å². The molecule has 0 bridgehead atoms. The van der Waals surface area contributed by atoms with Gasteiger partial charge in [-0.25, -0.2) is 0 Å². The molecule has 3 rings (SSSR count). The van der Waals surface area contributed by atoms with Crippen LogP contribution in [0.25, 0.3) is 11.1 Å². The van der Waals surface area contributed by atoms with Gasteiger partial charge in [0.25, 0.3) is 0 Å². The number of hydrogen-bond donors (Lipinski definition) is 1. The minimum atomic E-state index is 0.713. The Morgan fingerprint density at radius 1 is 0.952 bits per heavy atom. The van der Waals surface area contributed by atoms with Gasteiger partial charge in [-0.3, -0.25) is 0 Å². The van der Waals surface area contributed by atoms with Crippen molar-refractivity contribution in [1.29, 1.82) is 0 Å². The fraction of sp³-hybridized carbons (Fsp3) is 0.333. The monoisotopic (exact) mass is 319 g/mol. The van der Waals surface area contributed by atoms with E-state index < -0.39 is 0 Å². The normalized spacial score (nSPS) is 14.5. The lowest BCUT2D eigenvalue weighted by atomic mass is 9.97. The van der Waals surface area contributed by atoms with Crippen LogP contribution in [0.5, 0.6) is 0 Å². The number of halogens is 2. The second-order valence-corrected chi connectivity index (χ2v) is 6.70. The third kappa shape index (κ3) is 3.42. The zero-order chi connectivity index (χ0) is 15.0. The molecule has 0 aliphatic heterocycles. The third-order valence-corrected chi connectivity index (χ3v) is 4.72. The van der Waals surface area contributed by atoms with Crippen molar-refractivity contribution in [2.45, 2.75) is 39.3 Å². The first-order chi connectivity index (χ1) is 10.0.